The van der Waals surface area contributed by atoms with Gasteiger partial charge >= 0.3 is 0 Å². The molecule has 24 heavy (non-hydrogen) atoms. The molecule has 1 aliphatic rings. The number of hydrogen-bond donors (Lipinski definition) is 1. The Morgan fingerprint density at radius 3 is 3.12 bits per heavy atom. The number of likely N-dealkylation sites (tertiary alicyclic amines) is 1. The smallest absolute Gasteiger partial charge is 0.272 e. The van der Waals surface area contributed by atoms with Crippen LogP contribution in [0.1, 0.15) is 23.3 Å². The Kier molecular flexibility index (Phi) is 4.84. The van der Waals surface area contributed by atoms with Crippen LogP contribution in [0.3, 0.4) is 0 Å². The number of thioether (sulfide) groups is 1. The minimum absolute atomic E-state index is 0.00338. The Labute approximate surface area is 143 Å². The third-order valence-corrected chi connectivity index (χ3v) is 4.85. The number of aromatic amines is 1. The zero-order valence-electron chi connectivity index (χ0n) is 13.3. The lowest BCUT2D eigenvalue weighted by Gasteiger charge is -2.23. The molecule has 2 heterocycles. The average molecular weight is 346 g/mol. The maximum atomic E-state index is 12.7. The van der Waals surface area contributed by atoms with E-state index in [1.807, 2.05) is 11.2 Å². The lowest BCUT2D eigenvalue weighted by molar-refractivity contribution is -0.384. The molecule has 0 unspecified atom stereocenters. The van der Waals surface area contributed by atoms with E-state index in [0.717, 1.165) is 25.1 Å². The molecule has 0 bridgehead atoms. The second kappa shape index (κ2) is 7.04. The summed E-state index contributed by atoms with van der Waals surface area (Å²) >= 11 is 1.74. The van der Waals surface area contributed by atoms with Gasteiger partial charge in [-0.15, -0.1) is 0 Å². The molecule has 7 nitrogen and oxygen atoms in total. The summed E-state index contributed by atoms with van der Waals surface area (Å²) in [4.78, 5) is 32.2. The third-order valence-electron chi connectivity index (χ3n) is 4.13. The standard InChI is InChI=1S/C16H18N4O3S/c1-24-10-13-6-3-7-19(13)16(21)14-9-17-15(18-14)11-4-2-5-12(8-11)20(22)23/h2,4-5,8-9,13H,3,6-7,10H2,1H3,(H,17,18)/t13-/m1/s1. The highest BCUT2D eigenvalue weighted by Gasteiger charge is 2.30. The van der Waals surface area contributed by atoms with Crippen molar-refractivity contribution in [1.29, 1.82) is 0 Å². The molecule has 1 aromatic heterocycles. The summed E-state index contributed by atoms with van der Waals surface area (Å²) in [5.74, 6) is 1.33. The van der Waals surface area contributed by atoms with Gasteiger partial charge in [-0.25, -0.2) is 4.98 Å². The minimum Gasteiger partial charge on any atom is -0.334 e. The van der Waals surface area contributed by atoms with Crippen molar-refractivity contribution in [2.24, 2.45) is 0 Å². The van der Waals surface area contributed by atoms with Crippen LogP contribution in [-0.2, 0) is 0 Å². The number of hydrogen-bond acceptors (Lipinski definition) is 5. The number of nitro benzene ring substituents is 1. The first kappa shape index (κ1) is 16.5. The molecular weight excluding hydrogens is 328 g/mol. The van der Waals surface area contributed by atoms with Gasteiger partial charge in [-0.1, -0.05) is 12.1 Å². The Balaban J connectivity index is 1.81. The van der Waals surface area contributed by atoms with Crippen LogP contribution < -0.4 is 0 Å². The molecule has 1 fully saturated rings. The Morgan fingerprint density at radius 2 is 2.38 bits per heavy atom. The largest absolute Gasteiger partial charge is 0.334 e. The predicted molar refractivity (Wildman–Crippen MR) is 93.1 cm³/mol. The number of amides is 1. The van der Waals surface area contributed by atoms with Gasteiger partial charge in [0, 0.05) is 36.0 Å². The van der Waals surface area contributed by atoms with E-state index in [1.165, 1.54) is 18.3 Å². The lowest BCUT2D eigenvalue weighted by Crippen LogP contribution is -2.37. The minimum atomic E-state index is -0.449. The molecule has 0 radical (unpaired) electrons. The molecule has 8 heteroatoms. The fraction of sp³-hybridized carbons (Fsp3) is 0.375. The maximum Gasteiger partial charge on any atom is 0.272 e. The molecule has 1 atom stereocenters. The van der Waals surface area contributed by atoms with Crippen LogP contribution in [0.5, 0.6) is 0 Å². The van der Waals surface area contributed by atoms with Crippen LogP contribution in [0.15, 0.2) is 30.5 Å². The van der Waals surface area contributed by atoms with E-state index in [4.69, 9.17) is 0 Å². The lowest BCUT2D eigenvalue weighted by atomic mass is 10.2. The number of aromatic nitrogens is 2. The van der Waals surface area contributed by atoms with Crippen LogP contribution in [0.4, 0.5) is 5.69 Å². The van der Waals surface area contributed by atoms with Gasteiger partial charge < -0.3 is 9.88 Å². The van der Waals surface area contributed by atoms with Crippen molar-refractivity contribution >= 4 is 23.4 Å². The van der Waals surface area contributed by atoms with E-state index >= 15 is 0 Å². The number of rotatable bonds is 5. The maximum absolute atomic E-state index is 12.7. The van der Waals surface area contributed by atoms with Gasteiger partial charge in [-0.2, -0.15) is 11.8 Å². The molecule has 0 saturated carbocycles. The van der Waals surface area contributed by atoms with Crippen LogP contribution in [0, 0.1) is 10.1 Å². The summed E-state index contributed by atoms with van der Waals surface area (Å²) in [6, 6.07) is 6.46. The first-order valence-electron chi connectivity index (χ1n) is 7.70. The van der Waals surface area contributed by atoms with Crippen LogP contribution in [0.2, 0.25) is 0 Å². The summed E-state index contributed by atoms with van der Waals surface area (Å²) in [6.45, 7) is 0.759. The van der Waals surface area contributed by atoms with Crippen molar-refractivity contribution in [3.05, 3.63) is 46.3 Å². The van der Waals surface area contributed by atoms with Gasteiger partial charge in [0.1, 0.15) is 11.5 Å². The molecule has 0 spiro atoms. The van der Waals surface area contributed by atoms with Crippen molar-refractivity contribution in [3.63, 3.8) is 0 Å². The highest BCUT2D eigenvalue weighted by atomic mass is 32.2. The number of carbonyl (C=O) groups excluding carboxylic acids is 1. The number of H-pyrrole nitrogens is 1. The summed E-state index contributed by atoms with van der Waals surface area (Å²) in [6.07, 6.45) is 5.59. The molecular formula is C16H18N4O3S. The molecule has 0 aliphatic carbocycles. The van der Waals surface area contributed by atoms with Crippen LogP contribution in [0.25, 0.3) is 11.4 Å². The normalized spacial score (nSPS) is 17.2. The fourth-order valence-electron chi connectivity index (χ4n) is 2.97. The first-order chi connectivity index (χ1) is 11.6. The monoisotopic (exact) mass is 346 g/mol. The van der Waals surface area contributed by atoms with Crippen LogP contribution in [-0.4, -0.2) is 50.3 Å². The van der Waals surface area contributed by atoms with Crippen molar-refractivity contribution in [2.45, 2.75) is 18.9 Å². The highest BCUT2D eigenvalue weighted by Crippen LogP contribution is 2.24. The predicted octanol–water partition coefficient (Wildman–Crippen LogP) is 2.95. The number of carbonyl (C=O) groups is 1. The van der Waals surface area contributed by atoms with E-state index in [0.29, 0.717) is 17.1 Å². The van der Waals surface area contributed by atoms with Gasteiger partial charge in [0.15, 0.2) is 0 Å². The SMILES string of the molecule is CSC[C@H]1CCCN1C(=O)c1cnc(-c2cccc([N+](=O)[O-])c2)[nH]1. The molecule has 126 valence electrons. The number of imidazole rings is 1. The molecule has 1 amide bonds. The van der Waals surface area contributed by atoms with E-state index in [2.05, 4.69) is 9.97 Å². The van der Waals surface area contributed by atoms with E-state index < -0.39 is 4.92 Å². The summed E-state index contributed by atoms with van der Waals surface area (Å²) in [5.41, 5.74) is 1.01. The van der Waals surface area contributed by atoms with Crippen molar-refractivity contribution in [3.8, 4) is 11.4 Å². The van der Waals surface area contributed by atoms with E-state index in [-0.39, 0.29) is 17.6 Å². The Bertz CT molecular complexity index is 761. The van der Waals surface area contributed by atoms with Gasteiger partial charge in [0.05, 0.1) is 11.1 Å². The summed E-state index contributed by atoms with van der Waals surface area (Å²) < 4.78 is 0. The third kappa shape index (κ3) is 3.28. The Hall–Kier alpha value is -2.35. The first-order valence-corrected chi connectivity index (χ1v) is 9.09. The molecule has 3 rings (SSSR count). The van der Waals surface area contributed by atoms with Crippen LogP contribution >= 0.6 is 11.8 Å². The number of nitrogens with zero attached hydrogens (tertiary/aromatic N) is 3. The number of benzene rings is 1. The molecule has 1 aliphatic heterocycles. The zero-order chi connectivity index (χ0) is 17.1. The quantitative estimate of drug-likeness (QED) is 0.664. The molecule has 1 aromatic carbocycles. The molecule has 2 aromatic rings. The second-order valence-electron chi connectivity index (χ2n) is 5.70. The Morgan fingerprint density at radius 1 is 1.54 bits per heavy atom. The van der Waals surface area contributed by atoms with Gasteiger partial charge in [-0.05, 0) is 19.1 Å². The van der Waals surface area contributed by atoms with Gasteiger partial charge in [0.25, 0.3) is 11.6 Å². The molecule has 1 N–H and O–H groups in total. The topological polar surface area (TPSA) is 92.1 Å². The highest BCUT2D eigenvalue weighted by molar-refractivity contribution is 7.98. The van der Waals surface area contributed by atoms with E-state index in [9.17, 15) is 14.9 Å². The van der Waals surface area contributed by atoms with Gasteiger partial charge in [0.2, 0.25) is 0 Å². The number of non-ortho nitro benzene ring substituents is 1. The van der Waals surface area contributed by atoms with Crippen molar-refractivity contribution < 1.29 is 9.72 Å². The van der Waals surface area contributed by atoms with E-state index in [1.54, 1.807) is 23.9 Å². The van der Waals surface area contributed by atoms with Gasteiger partial charge in [-0.3, -0.25) is 14.9 Å². The number of nitro groups is 1. The summed E-state index contributed by atoms with van der Waals surface area (Å²) in [5, 5.41) is 10.9. The number of nitrogens with one attached hydrogen (secondary N) is 1. The van der Waals surface area contributed by atoms with Crippen molar-refractivity contribution in [2.75, 3.05) is 18.6 Å². The van der Waals surface area contributed by atoms with Crippen molar-refractivity contribution in [1.82, 2.24) is 14.9 Å². The second-order valence-corrected chi connectivity index (χ2v) is 6.61. The molecule has 1 saturated heterocycles. The fourth-order valence-corrected chi connectivity index (χ4v) is 3.70. The average Bonchev–Trinajstić information content (AvgIpc) is 3.24. The zero-order valence-corrected chi connectivity index (χ0v) is 14.1. The summed E-state index contributed by atoms with van der Waals surface area (Å²) in [7, 11) is 0.